The highest BCUT2D eigenvalue weighted by Crippen LogP contribution is 2.37. The van der Waals surface area contributed by atoms with E-state index in [0.29, 0.717) is 0 Å². The second-order valence-corrected chi connectivity index (χ2v) is 5.56. The normalized spacial score (nSPS) is 12.7. The highest BCUT2D eigenvalue weighted by Gasteiger charge is 2.38. The second kappa shape index (κ2) is 7.96. The number of allylic oxidation sites excluding steroid dienone is 3. The third kappa shape index (κ3) is 11.9. The molecule has 0 aromatic carbocycles. The molecule has 2 N–H and O–H groups in total. The summed E-state index contributed by atoms with van der Waals surface area (Å²) in [5.41, 5.74) is -1.27. The molecule has 0 heterocycles. The Morgan fingerprint density at radius 3 is 1.75 bits per heavy atom. The van der Waals surface area contributed by atoms with E-state index in [1.54, 1.807) is 12.2 Å². The first-order chi connectivity index (χ1) is 7.02. The van der Waals surface area contributed by atoms with Crippen LogP contribution < -0.4 is 0 Å². The van der Waals surface area contributed by atoms with Gasteiger partial charge in [-0.25, -0.2) is 4.79 Å². The third-order valence-corrected chi connectivity index (χ3v) is 2.62. The molecule has 0 amide bonds. The van der Waals surface area contributed by atoms with Crippen LogP contribution in [0.25, 0.3) is 0 Å². The highest BCUT2D eigenvalue weighted by atomic mass is 35.6. The Morgan fingerprint density at radius 2 is 1.56 bits per heavy atom. The van der Waals surface area contributed by atoms with Crippen LogP contribution >= 0.6 is 34.8 Å². The predicted octanol–water partition coefficient (Wildman–Crippen LogP) is 3.33. The number of aliphatic carboxylic acids is 1. The maximum atomic E-state index is 9.75. The van der Waals surface area contributed by atoms with Gasteiger partial charge in [0.2, 0.25) is 3.79 Å². The largest absolute Gasteiger partial charge is 0.478 e. The summed E-state index contributed by atoms with van der Waals surface area (Å²) in [4.78, 5) is 9.75. The lowest BCUT2D eigenvalue weighted by Gasteiger charge is -2.25. The minimum atomic E-state index is -1.59. The number of halogens is 3. The van der Waals surface area contributed by atoms with Gasteiger partial charge in [-0.1, -0.05) is 53.0 Å². The van der Waals surface area contributed by atoms with E-state index in [4.69, 9.17) is 45.0 Å². The van der Waals surface area contributed by atoms with Gasteiger partial charge < -0.3 is 10.2 Å². The molecule has 0 aromatic rings. The summed E-state index contributed by atoms with van der Waals surface area (Å²) < 4.78 is -1.59. The van der Waals surface area contributed by atoms with Crippen LogP contribution in [0, 0.1) is 0 Å². The number of hydrogen-bond acceptors (Lipinski definition) is 2. The summed E-state index contributed by atoms with van der Waals surface area (Å²) in [7, 11) is 0. The molecule has 0 aliphatic rings. The first-order valence-corrected chi connectivity index (χ1v) is 5.47. The number of carboxylic acid groups (broad SMARTS) is 1. The minimum absolute atomic E-state index is 0.914. The van der Waals surface area contributed by atoms with Crippen LogP contribution in [0.3, 0.4) is 0 Å². The van der Waals surface area contributed by atoms with E-state index in [0.717, 1.165) is 6.08 Å². The van der Waals surface area contributed by atoms with Gasteiger partial charge in [0, 0.05) is 6.08 Å². The topological polar surface area (TPSA) is 57.5 Å². The molecule has 0 unspecified atom stereocenters. The molecular weight excluding hydrogens is 274 g/mol. The number of alkyl halides is 3. The molecule has 0 saturated carbocycles. The van der Waals surface area contributed by atoms with Gasteiger partial charge in [0.1, 0.15) is 5.60 Å². The fourth-order valence-corrected chi connectivity index (χ4v) is 0.249. The summed E-state index contributed by atoms with van der Waals surface area (Å²) in [6.07, 6.45) is 5.98. The second-order valence-electron chi connectivity index (χ2n) is 3.28. The van der Waals surface area contributed by atoms with Gasteiger partial charge in [-0.3, -0.25) is 0 Å². The van der Waals surface area contributed by atoms with Gasteiger partial charge in [-0.15, -0.1) is 0 Å². The molecule has 0 bridgehead atoms. The molecule has 0 fully saturated rings. The number of carbonyl (C=O) groups is 1. The van der Waals surface area contributed by atoms with E-state index in [9.17, 15) is 4.79 Å². The molecule has 0 rings (SSSR count). The van der Waals surface area contributed by atoms with Gasteiger partial charge in [0.25, 0.3) is 0 Å². The molecule has 0 aromatic heterocycles. The molecule has 0 aliphatic carbocycles. The average Bonchev–Trinajstić information content (AvgIpc) is 2.01. The maximum Gasteiger partial charge on any atom is 0.328 e. The molecule has 0 aliphatic heterocycles. The summed E-state index contributed by atoms with van der Waals surface area (Å²) in [6, 6.07) is 0. The monoisotopic (exact) mass is 288 g/mol. The summed E-state index contributed by atoms with van der Waals surface area (Å²) in [5, 5.41) is 17.0. The lowest BCUT2D eigenvalue weighted by molar-refractivity contribution is -0.131. The summed E-state index contributed by atoms with van der Waals surface area (Å²) >= 11 is 15.9. The van der Waals surface area contributed by atoms with Gasteiger partial charge in [0.05, 0.1) is 0 Å². The van der Waals surface area contributed by atoms with Gasteiger partial charge >= 0.3 is 5.97 Å². The Morgan fingerprint density at radius 1 is 1.19 bits per heavy atom. The number of hydrogen-bond donors (Lipinski definition) is 2. The molecule has 16 heavy (non-hydrogen) atoms. The van der Waals surface area contributed by atoms with E-state index < -0.39 is 15.4 Å². The van der Waals surface area contributed by atoms with Gasteiger partial charge in [-0.2, -0.15) is 0 Å². The van der Waals surface area contributed by atoms with Gasteiger partial charge in [-0.05, 0) is 20.8 Å². The lowest BCUT2D eigenvalue weighted by Crippen LogP contribution is -2.35. The number of aliphatic hydroxyl groups is 1. The van der Waals surface area contributed by atoms with Crippen molar-refractivity contribution in [3.63, 3.8) is 0 Å². The van der Waals surface area contributed by atoms with Crippen LogP contribution in [0.2, 0.25) is 0 Å². The van der Waals surface area contributed by atoms with Crippen molar-refractivity contribution in [2.75, 3.05) is 0 Å². The zero-order valence-corrected chi connectivity index (χ0v) is 11.5. The molecule has 94 valence electrons. The van der Waals surface area contributed by atoms with Crippen molar-refractivity contribution < 1.29 is 15.0 Å². The summed E-state index contributed by atoms with van der Waals surface area (Å²) in [6.45, 7) is 4.69. The van der Waals surface area contributed by atoms with Crippen LogP contribution in [-0.4, -0.2) is 25.6 Å². The van der Waals surface area contributed by atoms with Crippen LogP contribution in [0.15, 0.2) is 24.3 Å². The lowest BCUT2D eigenvalue weighted by atomic mass is 10.2. The molecule has 0 radical (unpaired) electrons. The van der Waals surface area contributed by atoms with Crippen LogP contribution in [0.5, 0.6) is 0 Å². The van der Waals surface area contributed by atoms with Crippen molar-refractivity contribution in [1.29, 1.82) is 0 Å². The predicted molar refractivity (Wildman–Crippen MR) is 68.2 cm³/mol. The quantitative estimate of drug-likeness (QED) is 0.466. The Labute approximate surface area is 110 Å². The highest BCUT2D eigenvalue weighted by molar-refractivity contribution is 6.68. The van der Waals surface area contributed by atoms with Crippen LogP contribution in [0.4, 0.5) is 0 Å². The van der Waals surface area contributed by atoms with E-state index in [-0.39, 0.29) is 0 Å². The van der Waals surface area contributed by atoms with Crippen molar-refractivity contribution in [3.8, 4) is 0 Å². The number of carboxylic acids is 1. The molecular formula is C10H15Cl3O3. The zero-order valence-electron chi connectivity index (χ0n) is 9.25. The summed E-state index contributed by atoms with van der Waals surface area (Å²) in [5.74, 6) is -0.914. The third-order valence-electron chi connectivity index (χ3n) is 1.24. The van der Waals surface area contributed by atoms with Crippen molar-refractivity contribution in [2.24, 2.45) is 0 Å². The van der Waals surface area contributed by atoms with Crippen molar-refractivity contribution >= 4 is 40.8 Å². The fraction of sp³-hybridized carbons (Fsp3) is 0.500. The molecule has 3 nitrogen and oxygen atoms in total. The SMILES string of the molecule is C/C=C/C=C/C(=O)O.CC(C)(O)C(Cl)(Cl)Cl. The van der Waals surface area contributed by atoms with Crippen molar-refractivity contribution in [3.05, 3.63) is 24.3 Å². The van der Waals surface area contributed by atoms with E-state index in [1.807, 2.05) is 6.92 Å². The van der Waals surface area contributed by atoms with Gasteiger partial charge in [0.15, 0.2) is 0 Å². The first-order valence-electron chi connectivity index (χ1n) is 4.33. The fourth-order valence-electron chi connectivity index (χ4n) is 0.249. The first kappa shape index (κ1) is 18.2. The molecule has 0 spiro atoms. The Balaban J connectivity index is 0. The van der Waals surface area contributed by atoms with Crippen LogP contribution in [-0.2, 0) is 4.79 Å². The standard InChI is InChI=1S/C6H8O2.C4H7Cl3O/c1-2-3-4-5-6(7)8;1-3(2,8)4(5,6)7/h2-5H,1H3,(H,7,8);8H,1-2H3/b3-2+,5-4+;. The number of rotatable bonds is 2. The van der Waals surface area contributed by atoms with E-state index in [1.165, 1.54) is 19.9 Å². The smallest absolute Gasteiger partial charge is 0.328 e. The van der Waals surface area contributed by atoms with Crippen molar-refractivity contribution in [1.82, 2.24) is 0 Å². The van der Waals surface area contributed by atoms with Crippen LogP contribution in [0.1, 0.15) is 20.8 Å². The maximum absolute atomic E-state index is 9.75. The Bertz CT molecular complexity index is 247. The minimum Gasteiger partial charge on any atom is -0.478 e. The zero-order chi connectivity index (χ0) is 13.4. The average molecular weight is 290 g/mol. The molecule has 0 saturated heterocycles. The Kier molecular flexibility index (Phi) is 9.03. The van der Waals surface area contributed by atoms with E-state index in [2.05, 4.69) is 0 Å². The molecule has 6 heteroatoms. The molecule has 0 atom stereocenters. The van der Waals surface area contributed by atoms with Crippen molar-refractivity contribution in [2.45, 2.75) is 30.2 Å². The van der Waals surface area contributed by atoms with E-state index >= 15 is 0 Å². The Hall–Kier alpha value is -0.220.